The maximum Gasteiger partial charge on any atom is 0.191 e. The minimum Gasteiger partial charge on any atom is -0.417 e. The molecular weight excluding hydrogens is 332 g/mol. The van der Waals surface area contributed by atoms with Crippen LogP contribution in [0.2, 0.25) is 18.1 Å². The van der Waals surface area contributed by atoms with Crippen molar-refractivity contribution in [1.29, 1.82) is 0 Å². The summed E-state index contributed by atoms with van der Waals surface area (Å²) in [6.45, 7) is 9.41. The Morgan fingerprint density at radius 1 is 0.808 bits per heavy atom. The van der Waals surface area contributed by atoms with E-state index in [0.29, 0.717) is 6.42 Å². The van der Waals surface area contributed by atoms with Crippen molar-refractivity contribution in [3.63, 3.8) is 0 Å². The van der Waals surface area contributed by atoms with Crippen molar-refractivity contribution in [3.05, 3.63) is 12.2 Å². The van der Waals surface area contributed by atoms with Crippen LogP contribution >= 0.6 is 0 Å². The molecule has 0 fully saturated rings. The van der Waals surface area contributed by atoms with Crippen molar-refractivity contribution in [2.24, 2.45) is 0 Å². The van der Waals surface area contributed by atoms with Gasteiger partial charge in [-0.25, -0.2) is 0 Å². The van der Waals surface area contributed by atoms with Gasteiger partial charge in [0.2, 0.25) is 0 Å². The van der Waals surface area contributed by atoms with Crippen LogP contribution < -0.4 is 0 Å². The summed E-state index contributed by atoms with van der Waals surface area (Å²) < 4.78 is 58.8. The second-order valence-corrected chi connectivity index (χ2v) is 13.7. The van der Waals surface area contributed by atoms with Gasteiger partial charge in [-0.15, -0.1) is 0 Å². The van der Waals surface area contributed by atoms with Crippen LogP contribution in [0.4, 0.5) is 0 Å². The Kier molecular flexibility index (Phi) is 9.67. The fourth-order valence-corrected chi connectivity index (χ4v) is 3.65. The van der Waals surface area contributed by atoms with E-state index in [2.05, 4.69) is 46.0 Å². The maximum atomic E-state index is 7.82. The van der Waals surface area contributed by atoms with Gasteiger partial charge in [-0.1, -0.05) is 97.5 Å². The summed E-state index contributed by atoms with van der Waals surface area (Å²) in [5.41, 5.74) is 0. The maximum absolute atomic E-state index is 7.82. The number of allylic oxidation sites excluding steroid dienone is 2. The van der Waals surface area contributed by atoms with Crippen molar-refractivity contribution in [2.45, 2.75) is 136 Å². The Balaban J connectivity index is 3.67. The highest BCUT2D eigenvalue weighted by Gasteiger charge is 2.36. The van der Waals surface area contributed by atoms with Gasteiger partial charge >= 0.3 is 0 Å². The SMILES string of the molecule is [2H]C([2H])([2H])C([2H])([2H])C([2H])([2H])CCCCC/C=C\CCCCCCCCO[Si](C)(C)C(C)(C)C. The van der Waals surface area contributed by atoms with Crippen LogP contribution in [0.25, 0.3) is 0 Å². The van der Waals surface area contributed by atoms with E-state index in [1.165, 1.54) is 32.1 Å². The predicted octanol–water partition coefficient (Wildman–Crippen LogP) is 9.05. The summed E-state index contributed by atoms with van der Waals surface area (Å²) in [5, 5.41) is 0.287. The van der Waals surface area contributed by atoms with Gasteiger partial charge in [0.15, 0.2) is 8.32 Å². The van der Waals surface area contributed by atoms with E-state index < -0.39 is 27.9 Å². The molecule has 0 rings (SSSR count). The van der Waals surface area contributed by atoms with Crippen LogP contribution in [0.5, 0.6) is 0 Å². The molecule has 0 saturated carbocycles. The standard InChI is InChI=1S/C24H50OSi/c1-7-8-9-10-11-12-13-14-15-16-17-18-19-20-21-22-23-25-26(5,6)24(2,3)4/h14-15H,7-13,16-23H2,1-6H3/b15-14-/i1D3,7D2,8D2. The molecule has 0 aliphatic carbocycles. The van der Waals surface area contributed by atoms with E-state index in [4.69, 9.17) is 14.0 Å². The summed E-state index contributed by atoms with van der Waals surface area (Å²) >= 11 is 0. The third-order valence-electron chi connectivity index (χ3n) is 5.46. The first-order valence-electron chi connectivity index (χ1n) is 14.2. The summed E-state index contributed by atoms with van der Waals surface area (Å²) in [6, 6.07) is 0. The number of unbranched alkanes of at least 4 members (excludes halogenated alkanes) is 9. The number of rotatable bonds is 17. The van der Waals surface area contributed by atoms with Crippen LogP contribution in [0.15, 0.2) is 12.2 Å². The highest BCUT2D eigenvalue weighted by Crippen LogP contribution is 2.36. The van der Waals surface area contributed by atoms with E-state index in [1.54, 1.807) is 0 Å². The van der Waals surface area contributed by atoms with Crippen LogP contribution in [0.1, 0.15) is 127 Å². The first-order chi connectivity index (χ1) is 15.0. The van der Waals surface area contributed by atoms with Crippen LogP contribution in [0, 0.1) is 0 Å². The Morgan fingerprint density at radius 3 is 1.85 bits per heavy atom. The van der Waals surface area contributed by atoms with E-state index >= 15 is 0 Å². The molecule has 0 bridgehead atoms. The van der Waals surface area contributed by atoms with Crippen molar-refractivity contribution in [2.75, 3.05) is 6.61 Å². The van der Waals surface area contributed by atoms with Gasteiger partial charge in [0.1, 0.15) is 0 Å². The molecule has 0 aliphatic heterocycles. The van der Waals surface area contributed by atoms with Gasteiger partial charge < -0.3 is 4.43 Å². The van der Waals surface area contributed by atoms with E-state index in [9.17, 15) is 0 Å². The number of hydrogen-bond donors (Lipinski definition) is 0. The van der Waals surface area contributed by atoms with Gasteiger partial charge in [0, 0.05) is 16.2 Å². The van der Waals surface area contributed by atoms with Crippen molar-refractivity contribution in [1.82, 2.24) is 0 Å². The van der Waals surface area contributed by atoms with Gasteiger partial charge in [-0.3, -0.25) is 0 Å². The molecule has 0 amide bonds. The van der Waals surface area contributed by atoms with E-state index in [0.717, 1.165) is 38.7 Å². The molecule has 0 aromatic carbocycles. The Morgan fingerprint density at radius 2 is 1.31 bits per heavy atom. The summed E-state index contributed by atoms with van der Waals surface area (Å²) in [7, 11) is -1.59. The smallest absolute Gasteiger partial charge is 0.191 e. The second-order valence-electron chi connectivity index (χ2n) is 8.89. The Hall–Kier alpha value is -0.0831. The molecule has 0 aliphatic rings. The second kappa shape index (κ2) is 15.9. The zero-order chi connectivity index (χ0) is 25.8. The fraction of sp³-hybridized carbons (Fsp3) is 0.917. The lowest BCUT2D eigenvalue weighted by molar-refractivity contribution is 0.277. The van der Waals surface area contributed by atoms with Crippen LogP contribution in [0.3, 0.4) is 0 Å². The van der Waals surface area contributed by atoms with Gasteiger partial charge in [0.05, 0.1) is 0 Å². The van der Waals surface area contributed by atoms with Gasteiger partial charge in [0.25, 0.3) is 0 Å². The molecule has 0 radical (unpaired) electrons. The Labute approximate surface area is 177 Å². The first kappa shape index (κ1) is 15.8. The topological polar surface area (TPSA) is 9.23 Å². The van der Waals surface area contributed by atoms with Crippen LogP contribution in [-0.4, -0.2) is 14.9 Å². The molecule has 0 aromatic heterocycles. The zero-order valence-electron chi connectivity index (χ0n) is 25.3. The third-order valence-corrected chi connectivity index (χ3v) is 10.0. The van der Waals surface area contributed by atoms with Gasteiger partial charge in [-0.05, 0) is 50.2 Å². The average Bonchev–Trinajstić information content (AvgIpc) is 2.65. The van der Waals surface area contributed by atoms with Crippen molar-refractivity contribution in [3.8, 4) is 0 Å². The highest BCUT2D eigenvalue weighted by molar-refractivity contribution is 6.74. The Bertz CT molecular complexity index is 552. The summed E-state index contributed by atoms with van der Waals surface area (Å²) in [5.74, 6) is 0. The third kappa shape index (κ3) is 15.0. The van der Waals surface area contributed by atoms with Crippen molar-refractivity contribution >= 4 is 8.32 Å². The lowest BCUT2D eigenvalue weighted by Crippen LogP contribution is -2.40. The molecule has 0 spiro atoms. The minimum absolute atomic E-state index is 0.0650. The molecule has 0 heterocycles. The molecule has 156 valence electrons. The summed E-state index contributed by atoms with van der Waals surface area (Å²) in [6.07, 6.45) is 10.8. The molecule has 2 heteroatoms. The first-order valence-corrected chi connectivity index (χ1v) is 13.7. The molecule has 26 heavy (non-hydrogen) atoms. The van der Waals surface area contributed by atoms with E-state index in [-0.39, 0.29) is 11.5 Å². The van der Waals surface area contributed by atoms with Gasteiger partial charge in [-0.2, -0.15) is 0 Å². The molecule has 1 nitrogen and oxygen atoms in total. The fourth-order valence-electron chi connectivity index (χ4n) is 2.57. The quantitative estimate of drug-likeness (QED) is 0.137. The molecule has 0 N–H and O–H groups in total. The molecule has 0 atom stereocenters. The molecule has 0 unspecified atom stereocenters. The average molecular weight is 390 g/mol. The predicted molar refractivity (Wildman–Crippen MR) is 123 cm³/mol. The lowest BCUT2D eigenvalue weighted by Gasteiger charge is -2.36. The molecule has 0 saturated heterocycles. The minimum atomic E-state index is -2.95. The molecular formula is C24H50OSi. The highest BCUT2D eigenvalue weighted by atomic mass is 28.4. The molecule has 0 aromatic rings. The summed E-state index contributed by atoms with van der Waals surface area (Å²) in [4.78, 5) is 0. The lowest BCUT2D eigenvalue weighted by atomic mass is 10.1. The monoisotopic (exact) mass is 389 g/mol. The number of hydrogen-bond acceptors (Lipinski definition) is 1. The largest absolute Gasteiger partial charge is 0.417 e. The zero-order valence-corrected chi connectivity index (χ0v) is 19.3. The normalized spacial score (nSPS) is 18.6. The van der Waals surface area contributed by atoms with Crippen molar-refractivity contribution < 1.29 is 14.0 Å². The van der Waals surface area contributed by atoms with E-state index in [1.807, 2.05) is 0 Å². The van der Waals surface area contributed by atoms with Crippen LogP contribution in [-0.2, 0) is 4.43 Å².